The molecule has 2 aromatic rings. The number of sulfonamides is 1. The molecule has 1 N–H and O–H groups in total. The molecule has 0 atom stereocenters. The zero-order chi connectivity index (χ0) is 27.0. The molecule has 5 rings (SSSR count). The van der Waals surface area contributed by atoms with Crippen molar-refractivity contribution in [2.24, 2.45) is 5.41 Å². The number of piperidine rings is 1. The molecule has 1 aliphatic heterocycles. The summed E-state index contributed by atoms with van der Waals surface area (Å²) in [6.45, 7) is 5.07. The molecule has 38 heavy (non-hydrogen) atoms. The van der Waals surface area contributed by atoms with Crippen molar-refractivity contribution in [1.29, 1.82) is 5.26 Å². The molecule has 0 radical (unpaired) electrons. The van der Waals surface area contributed by atoms with Gasteiger partial charge in [0.1, 0.15) is 5.82 Å². The fraction of sp³-hybridized carbons (Fsp3) is 0.536. The minimum absolute atomic E-state index is 0.122. The average molecular weight is 539 g/mol. The Kier molecular flexibility index (Phi) is 6.99. The normalized spacial score (nSPS) is 20.4. The highest BCUT2D eigenvalue weighted by Crippen LogP contribution is 2.44. The lowest BCUT2D eigenvalue weighted by molar-refractivity contribution is -0.128. The number of benzene rings is 1. The first kappa shape index (κ1) is 26.3. The second-order valence-electron chi connectivity index (χ2n) is 11.0. The monoisotopic (exact) mass is 538 g/mol. The van der Waals surface area contributed by atoms with Gasteiger partial charge < -0.3 is 14.4 Å². The molecule has 0 spiro atoms. The van der Waals surface area contributed by atoms with Crippen molar-refractivity contribution >= 4 is 21.7 Å². The first-order chi connectivity index (χ1) is 18.1. The van der Waals surface area contributed by atoms with Gasteiger partial charge in [0.05, 0.1) is 17.6 Å². The van der Waals surface area contributed by atoms with Gasteiger partial charge in [-0.1, -0.05) is 12.1 Å². The number of hydrogen-bond donors (Lipinski definition) is 1. The molecule has 0 bridgehead atoms. The number of carbonyl (C=O) groups excluding carboxylic acids is 1. The summed E-state index contributed by atoms with van der Waals surface area (Å²) in [5.41, 5.74) is -0.691. The maximum absolute atomic E-state index is 13.2. The van der Waals surface area contributed by atoms with Crippen molar-refractivity contribution < 1.29 is 22.7 Å². The summed E-state index contributed by atoms with van der Waals surface area (Å²) in [5, 5.41) is 9.15. The molecule has 3 fully saturated rings. The van der Waals surface area contributed by atoms with E-state index in [2.05, 4.69) is 15.8 Å². The molecule has 2 heterocycles. The fourth-order valence-corrected chi connectivity index (χ4v) is 6.02. The number of hydrogen-bond acceptors (Lipinski definition) is 8. The zero-order valence-corrected chi connectivity index (χ0v) is 22.7. The minimum atomic E-state index is -4.22. The van der Waals surface area contributed by atoms with E-state index in [4.69, 9.17) is 9.47 Å². The van der Waals surface area contributed by atoms with Crippen molar-refractivity contribution in [3.8, 4) is 17.6 Å². The van der Waals surface area contributed by atoms with Crippen molar-refractivity contribution in [3.05, 3.63) is 42.0 Å². The van der Waals surface area contributed by atoms with Crippen LogP contribution in [0.2, 0.25) is 0 Å². The Morgan fingerprint density at radius 1 is 1.11 bits per heavy atom. The number of carbonyl (C=O) groups is 1. The number of aromatic nitrogens is 1. The Morgan fingerprint density at radius 2 is 1.82 bits per heavy atom. The van der Waals surface area contributed by atoms with Gasteiger partial charge in [-0.15, -0.1) is 0 Å². The number of nitriles is 1. The molecular weight excluding hydrogens is 504 g/mol. The van der Waals surface area contributed by atoms with E-state index >= 15 is 0 Å². The molecule has 10 heteroatoms. The van der Waals surface area contributed by atoms with Gasteiger partial charge >= 0.3 is 0 Å². The summed E-state index contributed by atoms with van der Waals surface area (Å²) < 4.78 is 40.9. The van der Waals surface area contributed by atoms with Crippen LogP contribution in [0.25, 0.3) is 0 Å². The molecule has 1 saturated heterocycles. The third-order valence-corrected chi connectivity index (χ3v) is 9.02. The topological polar surface area (TPSA) is 122 Å². The molecule has 9 nitrogen and oxygen atoms in total. The number of aryl methyl sites for hydroxylation is 1. The Bertz CT molecular complexity index is 1350. The molecule has 1 aromatic heterocycles. The Morgan fingerprint density at radius 3 is 2.47 bits per heavy atom. The molecular formula is C28H34N4O5S. The van der Waals surface area contributed by atoms with Gasteiger partial charge in [0.2, 0.25) is 0 Å². The summed E-state index contributed by atoms with van der Waals surface area (Å²) in [6, 6.07) is 12.7. The summed E-state index contributed by atoms with van der Waals surface area (Å²) in [6.07, 6.45) is 6.50. The van der Waals surface area contributed by atoms with Crippen LogP contribution in [0.15, 0.2) is 41.4 Å². The van der Waals surface area contributed by atoms with Crippen LogP contribution in [-0.2, 0) is 14.8 Å². The van der Waals surface area contributed by atoms with E-state index in [9.17, 15) is 18.5 Å². The van der Waals surface area contributed by atoms with Crippen molar-refractivity contribution in [2.45, 2.75) is 81.9 Å². The first-order valence-electron chi connectivity index (χ1n) is 13.3. The maximum atomic E-state index is 13.2. The van der Waals surface area contributed by atoms with Crippen LogP contribution in [0.1, 0.15) is 63.9 Å². The Hall–Kier alpha value is -3.32. The van der Waals surface area contributed by atoms with E-state index < -0.39 is 21.5 Å². The maximum Gasteiger partial charge on any atom is 0.281 e. The highest BCUT2D eigenvalue weighted by atomic mass is 32.2. The van der Waals surface area contributed by atoms with Crippen LogP contribution in [0.5, 0.6) is 11.5 Å². The second-order valence-corrected chi connectivity index (χ2v) is 12.6. The first-order valence-corrected chi connectivity index (χ1v) is 14.8. The van der Waals surface area contributed by atoms with Gasteiger partial charge in [-0.25, -0.2) is 9.71 Å². The lowest BCUT2D eigenvalue weighted by Gasteiger charge is -2.35. The number of nitrogens with zero attached hydrogens (tertiary/aromatic N) is 3. The van der Waals surface area contributed by atoms with E-state index in [0.717, 1.165) is 31.2 Å². The summed E-state index contributed by atoms with van der Waals surface area (Å²) in [5.74, 6) is 0.830. The molecule has 0 unspecified atom stereocenters. The number of nitrogens with one attached hydrogen (secondary N) is 1. The number of amides is 1. The van der Waals surface area contributed by atoms with Crippen LogP contribution < -0.4 is 19.1 Å². The minimum Gasteiger partial charge on any atom is -0.487 e. The van der Waals surface area contributed by atoms with Crippen LogP contribution >= 0.6 is 0 Å². The molecule has 2 aliphatic carbocycles. The van der Waals surface area contributed by atoms with E-state index in [1.807, 2.05) is 36.9 Å². The lowest BCUT2D eigenvalue weighted by Crippen LogP contribution is -2.43. The van der Waals surface area contributed by atoms with Gasteiger partial charge in [-0.05, 0) is 82.2 Å². The van der Waals surface area contributed by atoms with Crippen LogP contribution in [0.3, 0.4) is 0 Å². The van der Waals surface area contributed by atoms with Gasteiger partial charge in [-0.3, -0.25) is 4.79 Å². The SMILES string of the molecule is Cc1ccc(OC2CCCC2)c(OC2(C(=O)NS(=O)(=O)c3cccc(N4CCC(C)(C#N)CC4)n3)CC2)c1. The molecule has 3 aliphatic rings. The number of anilines is 1. The quantitative estimate of drug-likeness (QED) is 0.529. The smallest absolute Gasteiger partial charge is 0.281 e. The fourth-order valence-electron chi connectivity index (χ4n) is 5.02. The number of ether oxygens (including phenoxy) is 2. The summed E-state index contributed by atoms with van der Waals surface area (Å²) in [7, 11) is -4.22. The third kappa shape index (κ3) is 5.58. The third-order valence-electron chi connectivity index (χ3n) is 7.79. The standard InChI is InChI=1S/C28H34N4O5S/c1-20-10-11-22(36-21-6-3-4-7-21)23(18-20)37-28(12-13-28)26(33)31-38(34,35)25-9-5-8-24(30-25)32-16-14-27(2,19-29)15-17-32/h5,8-11,18,21H,3-4,6-7,12-17H2,1-2H3,(H,31,33). The van der Waals surface area contributed by atoms with E-state index in [-0.39, 0.29) is 16.5 Å². The lowest BCUT2D eigenvalue weighted by atomic mass is 9.82. The largest absolute Gasteiger partial charge is 0.487 e. The van der Waals surface area contributed by atoms with Crippen molar-refractivity contribution in [2.75, 3.05) is 18.0 Å². The van der Waals surface area contributed by atoms with E-state index in [1.54, 1.807) is 12.1 Å². The van der Waals surface area contributed by atoms with Crippen LogP contribution in [0.4, 0.5) is 5.82 Å². The van der Waals surface area contributed by atoms with Crippen molar-refractivity contribution in [1.82, 2.24) is 9.71 Å². The van der Waals surface area contributed by atoms with E-state index in [1.165, 1.54) is 6.07 Å². The van der Waals surface area contributed by atoms with Gasteiger partial charge in [-0.2, -0.15) is 13.7 Å². The zero-order valence-electron chi connectivity index (χ0n) is 21.9. The van der Waals surface area contributed by atoms with Crippen LogP contribution in [-0.4, -0.2) is 44.1 Å². The highest BCUT2D eigenvalue weighted by molar-refractivity contribution is 7.90. The number of pyridine rings is 1. The second kappa shape index (κ2) is 10.1. The highest BCUT2D eigenvalue weighted by Gasteiger charge is 2.54. The predicted octanol–water partition coefficient (Wildman–Crippen LogP) is 4.26. The molecule has 202 valence electrons. The predicted molar refractivity (Wildman–Crippen MR) is 141 cm³/mol. The van der Waals surface area contributed by atoms with Crippen molar-refractivity contribution in [3.63, 3.8) is 0 Å². The molecule has 1 aromatic carbocycles. The van der Waals surface area contributed by atoms with Gasteiger partial charge in [0.25, 0.3) is 15.9 Å². The Labute approximate surface area is 224 Å². The summed E-state index contributed by atoms with van der Waals surface area (Å²) in [4.78, 5) is 19.5. The van der Waals surface area contributed by atoms with Gasteiger partial charge in [0, 0.05) is 25.9 Å². The Balaban J connectivity index is 1.29. The van der Waals surface area contributed by atoms with Crippen LogP contribution in [0, 0.1) is 23.7 Å². The summed E-state index contributed by atoms with van der Waals surface area (Å²) >= 11 is 0. The van der Waals surface area contributed by atoms with Gasteiger partial charge in [0.15, 0.2) is 22.1 Å². The van der Waals surface area contributed by atoms with E-state index in [0.29, 0.717) is 56.1 Å². The number of rotatable bonds is 8. The molecule has 2 saturated carbocycles. The molecule has 1 amide bonds. The average Bonchev–Trinajstić information content (AvgIpc) is 3.51.